The van der Waals surface area contributed by atoms with Crippen molar-refractivity contribution in [2.24, 2.45) is 11.5 Å². The van der Waals surface area contributed by atoms with Crippen molar-refractivity contribution in [2.75, 3.05) is 0 Å². The van der Waals surface area contributed by atoms with Gasteiger partial charge in [0.15, 0.2) is 0 Å². The summed E-state index contributed by atoms with van der Waals surface area (Å²) < 4.78 is 0. The molecule has 16 nitrogen and oxygen atoms in total. The molecule has 3 heterocycles. The number of aliphatic carboxylic acids is 1. The zero-order chi connectivity index (χ0) is 31.6. The summed E-state index contributed by atoms with van der Waals surface area (Å²) in [4.78, 5) is 80.0. The number of primary amides is 1. The van der Waals surface area contributed by atoms with Gasteiger partial charge in [0.05, 0.1) is 18.7 Å². The summed E-state index contributed by atoms with van der Waals surface area (Å²) in [7, 11) is 0. The number of carboxylic acids is 1. The lowest BCUT2D eigenvalue weighted by atomic mass is 10.0. The molecule has 1 aromatic carbocycles. The smallest absolute Gasteiger partial charge is 0.326 e. The molecule has 4 aromatic rings. The number of nitrogens with two attached hydrogens (primary N) is 2. The lowest BCUT2D eigenvalue weighted by molar-refractivity contribution is -0.142. The molecule has 16 heteroatoms. The van der Waals surface area contributed by atoms with Crippen LogP contribution in [0.4, 0.5) is 0 Å². The molecule has 0 spiro atoms. The first kappa shape index (κ1) is 31.4. The Morgan fingerprint density at radius 2 is 1.41 bits per heavy atom. The summed E-state index contributed by atoms with van der Waals surface area (Å²) >= 11 is 0. The van der Waals surface area contributed by atoms with Gasteiger partial charge in [0, 0.05) is 66.6 Å². The highest BCUT2D eigenvalue weighted by Gasteiger charge is 2.31. The number of aromatic nitrogens is 5. The van der Waals surface area contributed by atoms with Crippen LogP contribution in [0.15, 0.2) is 55.5 Å². The monoisotopic (exact) mass is 606 g/mol. The van der Waals surface area contributed by atoms with E-state index in [2.05, 4.69) is 40.9 Å². The molecule has 0 aliphatic carbocycles. The highest BCUT2D eigenvalue weighted by Crippen LogP contribution is 2.19. The van der Waals surface area contributed by atoms with Crippen LogP contribution in [0, 0.1) is 0 Å². The van der Waals surface area contributed by atoms with Gasteiger partial charge < -0.3 is 47.5 Å². The van der Waals surface area contributed by atoms with E-state index in [1.54, 1.807) is 6.20 Å². The van der Waals surface area contributed by atoms with Crippen LogP contribution in [0.1, 0.15) is 29.8 Å². The van der Waals surface area contributed by atoms with E-state index in [1.165, 1.54) is 25.0 Å². The summed E-state index contributed by atoms with van der Waals surface area (Å²) in [5.41, 5.74) is 13.9. The average molecular weight is 607 g/mol. The number of hydrogen-bond donors (Lipinski definition) is 9. The molecule has 0 aliphatic heterocycles. The summed E-state index contributed by atoms with van der Waals surface area (Å²) in [6, 6.07) is 2.42. The predicted octanol–water partition coefficient (Wildman–Crippen LogP) is -1.23. The van der Waals surface area contributed by atoms with E-state index in [-0.39, 0.29) is 32.1 Å². The normalized spacial score (nSPS) is 13.8. The van der Waals surface area contributed by atoms with Crippen molar-refractivity contribution in [2.45, 2.75) is 56.3 Å². The minimum absolute atomic E-state index is 0.0265. The Morgan fingerprint density at radius 3 is 2.05 bits per heavy atom. The fourth-order valence-corrected chi connectivity index (χ4v) is 4.65. The zero-order valence-corrected chi connectivity index (χ0v) is 23.6. The first-order chi connectivity index (χ1) is 21.1. The standard InChI is InChI=1S/C28H34N10O6/c29-19(8-16-11-31-13-34-16)25(40)36-21(5-6-24(30)39)26(41)37-22(9-17-12-32-14-35-17)27(42)38-23(28(43)44)7-15-10-33-20-4-2-1-3-18(15)20/h1-4,10-14,19,21-23,33H,5-9,29H2,(H2,30,39)(H,31,34)(H,32,35)(H,36,40)(H,37,41)(H,38,42)(H,43,44). The van der Waals surface area contributed by atoms with Crippen molar-refractivity contribution in [3.63, 3.8) is 0 Å². The SMILES string of the molecule is NC(=O)CCC(NC(=O)C(N)Cc1cnc[nH]1)C(=O)NC(Cc1cnc[nH]1)C(=O)NC(Cc1c[nH]c2ccccc12)C(=O)O. The molecule has 0 fully saturated rings. The number of para-hydroxylation sites is 1. The van der Waals surface area contributed by atoms with Crippen LogP contribution >= 0.6 is 0 Å². The Morgan fingerprint density at radius 1 is 0.795 bits per heavy atom. The molecule has 4 unspecified atom stereocenters. The molecule has 3 aromatic heterocycles. The van der Waals surface area contributed by atoms with Crippen LogP contribution in [0.25, 0.3) is 10.9 Å². The molecule has 0 radical (unpaired) electrons. The molecule has 4 rings (SSSR count). The third kappa shape index (κ3) is 8.51. The molecule has 0 saturated heterocycles. The fraction of sp³-hybridized carbons (Fsp3) is 0.321. The quantitative estimate of drug-likeness (QED) is 0.0738. The number of H-pyrrole nitrogens is 3. The van der Waals surface area contributed by atoms with Gasteiger partial charge in [-0.1, -0.05) is 18.2 Å². The van der Waals surface area contributed by atoms with E-state index in [4.69, 9.17) is 11.5 Å². The Kier molecular flexibility index (Phi) is 10.4. The van der Waals surface area contributed by atoms with Crippen LogP contribution in [0.2, 0.25) is 0 Å². The topological polar surface area (TPSA) is 267 Å². The van der Waals surface area contributed by atoms with Gasteiger partial charge in [-0.3, -0.25) is 19.2 Å². The first-order valence-electron chi connectivity index (χ1n) is 13.8. The number of carboxylic acid groups (broad SMARTS) is 1. The number of nitrogens with zero attached hydrogens (tertiary/aromatic N) is 2. The number of carbonyl (C=O) groups excluding carboxylic acids is 4. The van der Waals surface area contributed by atoms with E-state index in [9.17, 15) is 29.1 Å². The van der Waals surface area contributed by atoms with Crippen molar-refractivity contribution in [1.82, 2.24) is 40.9 Å². The predicted molar refractivity (Wildman–Crippen MR) is 156 cm³/mol. The first-order valence-corrected chi connectivity index (χ1v) is 13.8. The van der Waals surface area contributed by atoms with Crippen LogP contribution in [-0.2, 0) is 43.2 Å². The highest BCUT2D eigenvalue weighted by atomic mass is 16.4. The number of hydrogen-bond acceptors (Lipinski definition) is 8. The summed E-state index contributed by atoms with van der Waals surface area (Å²) in [5.74, 6) is -4.23. The van der Waals surface area contributed by atoms with E-state index >= 15 is 0 Å². The molecular formula is C28H34N10O6. The Bertz CT molecular complexity index is 1580. The van der Waals surface area contributed by atoms with Crippen molar-refractivity contribution in [3.8, 4) is 0 Å². The number of imidazole rings is 2. The van der Waals surface area contributed by atoms with Crippen LogP contribution in [0.5, 0.6) is 0 Å². The number of rotatable bonds is 16. The number of aromatic amines is 3. The number of fused-ring (bicyclic) bond motifs is 1. The molecular weight excluding hydrogens is 572 g/mol. The maximum Gasteiger partial charge on any atom is 0.326 e. The Hall–Kier alpha value is -5.51. The Labute approximate surface area is 250 Å². The average Bonchev–Trinajstić information content (AvgIpc) is 3.77. The van der Waals surface area contributed by atoms with Gasteiger partial charge in [-0.2, -0.15) is 0 Å². The highest BCUT2D eigenvalue weighted by molar-refractivity contribution is 5.94. The maximum absolute atomic E-state index is 13.5. The molecule has 0 bridgehead atoms. The molecule has 0 aliphatic rings. The minimum Gasteiger partial charge on any atom is -0.480 e. The fourth-order valence-electron chi connectivity index (χ4n) is 4.65. The second kappa shape index (κ2) is 14.6. The zero-order valence-electron chi connectivity index (χ0n) is 23.6. The van der Waals surface area contributed by atoms with Gasteiger partial charge in [0.1, 0.15) is 18.1 Å². The van der Waals surface area contributed by atoms with E-state index in [0.29, 0.717) is 17.0 Å². The van der Waals surface area contributed by atoms with E-state index in [0.717, 1.165) is 10.9 Å². The number of amides is 4. The number of benzene rings is 1. The molecule has 44 heavy (non-hydrogen) atoms. The van der Waals surface area contributed by atoms with Crippen molar-refractivity contribution < 1.29 is 29.1 Å². The van der Waals surface area contributed by atoms with Gasteiger partial charge in [0.25, 0.3) is 0 Å². The number of carbonyl (C=O) groups is 5. The number of nitrogens with one attached hydrogen (secondary N) is 6. The van der Waals surface area contributed by atoms with Crippen molar-refractivity contribution in [3.05, 3.63) is 72.5 Å². The minimum atomic E-state index is -1.33. The van der Waals surface area contributed by atoms with Gasteiger partial charge in [-0.25, -0.2) is 14.8 Å². The van der Waals surface area contributed by atoms with Gasteiger partial charge >= 0.3 is 5.97 Å². The van der Waals surface area contributed by atoms with Crippen LogP contribution < -0.4 is 27.4 Å². The van der Waals surface area contributed by atoms with Gasteiger partial charge in [-0.15, -0.1) is 0 Å². The van der Waals surface area contributed by atoms with E-state index < -0.39 is 53.8 Å². The van der Waals surface area contributed by atoms with Crippen molar-refractivity contribution in [1.29, 1.82) is 0 Å². The third-order valence-electron chi connectivity index (χ3n) is 6.97. The van der Waals surface area contributed by atoms with Crippen LogP contribution in [-0.4, -0.2) is 83.8 Å². The largest absolute Gasteiger partial charge is 0.480 e. The van der Waals surface area contributed by atoms with Gasteiger partial charge in [0.2, 0.25) is 23.6 Å². The second-order valence-corrected chi connectivity index (χ2v) is 10.3. The Balaban J connectivity index is 1.49. The molecule has 232 valence electrons. The summed E-state index contributed by atoms with van der Waals surface area (Å²) in [6.07, 6.45) is 7.06. The molecule has 0 saturated carbocycles. The van der Waals surface area contributed by atoms with E-state index in [1.807, 2.05) is 24.3 Å². The molecule has 11 N–H and O–H groups in total. The molecule has 4 atom stereocenters. The maximum atomic E-state index is 13.5. The summed E-state index contributed by atoms with van der Waals surface area (Å²) in [6.45, 7) is 0. The lowest BCUT2D eigenvalue weighted by Crippen LogP contribution is -2.58. The summed E-state index contributed by atoms with van der Waals surface area (Å²) in [5, 5.41) is 18.4. The van der Waals surface area contributed by atoms with Gasteiger partial charge in [-0.05, 0) is 18.1 Å². The van der Waals surface area contributed by atoms with Crippen LogP contribution in [0.3, 0.4) is 0 Å². The molecule has 4 amide bonds. The second-order valence-electron chi connectivity index (χ2n) is 10.3. The van der Waals surface area contributed by atoms with Crippen molar-refractivity contribution >= 4 is 40.5 Å². The third-order valence-corrected chi connectivity index (χ3v) is 6.97. The lowest BCUT2D eigenvalue weighted by Gasteiger charge is -2.25.